The normalized spacial score (nSPS) is 14.1. The van der Waals surface area contributed by atoms with Crippen LogP contribution in [0.5, 0.6) is 0 Å². The summed E-state index contributed by atoms with van der Waals surface area (Å²) in [4.78, 5) is 8.14. The van der Waals surface area contributed by atoms with Gasteiger partial charge in [0.25, 0.3) is 0 Å². The summed E-state index contributed by atoms with van der Waals surface area (Å²) in [7, 11) is 0. The number of hydrogen-bond donors (Lipinski definition) is 3. The van der Waals surface area contributed by atoms with Gasteiger partial charge in [0.2, 0.25) is 0 Å². The largest absolute Gasteiger partial charge is 0.382 e. The first-order valence-electron chi connectivity index (χ1n) is 6.36. The molecule has 102 valence electrons. The second-order valence-corrected chi connectivity index (χ2v) is 5.22. The Kier molecular flexibility index (Phi) is 3.28. The number of hydrogen-bond acceptors (Lipinski definition) is 4. The Morgan fingerprint density at radius 2 is 2.10 bits per heavy atom. The van der Waals surface area contributed by atoms with E-state index in [4.69, 9.17) is 22.7 Å². The van der Waals surface area contributed by atoms with E-state index in [9.17, 15) is 0 Å². The maximum Gasteiger partial charge on any atom is 0.141 e. The summed E-state index contributed by atoms with van der Waals surface area (Å²) in [6, 6.07) is 8.00. The molecule has 2 aromatic rings. The number of aromatic nitrogens is 2. The summed E-state index contributed by atoms with van der Waals surface area (Å²) in [6.07, 6.45) is 3.80. The molecule has 1 aromatic heterocycles. The van der Waals surface area contributed by atoms with Crippen LogP contribution < -0.4 is 11.1 Å². The minimum Gasteiger partial charge on any atom is -0.382 e. The molecule has 4 N–H and O–H groups in total. The van der Waals surface area contributed by atoms with E-state index < -0.39 is 0 Å². The summed E-state index contributed by atoms with van der Waals surface area (Å²) in [5, 5.41) is 11.4. The van der Waals surface area contributed by atoms with Crippen LogP contribution in [0, 0.1) is 5.41 Å². The second-order valence-electron chi connectivity index (χ2n) is 4.82. The van der Waals surface area contributed by atoms with E-state index in [2.05, 4.69) is 15.3 Å². The van der Waals surface area contributed by atoms with Gasteiger partial charge < -0.3 is 11.1 Å². The lowest BCUT2D eigenvalue weighted by molar-refractivity contribution is 1.14. The zero-order valence-electron chi connectivity index (χ0n) is 10.7. The third-order valence-corrected chi connectivity index (χ3v) is 3.46. The molecule has 0 saturated heterocycles. The Balaban J connectivity index is 1.91. The van der Waals surface area contributed by atoms with Crippen molar-refractivity contribution in [3.05, 3.63) is 41.3 Å². The van der Waals surface area contributed by atoms with Crippen LogP contribution in [0.2, 0.25) is 5.02 Å². The van der Waals surface area contributed by atoms with Crippen LogP contribution in [0.1, 0.15) is 18.5 Å². The first-order valence-corrected chi connectivity index (χ1v) is 6.74. The first kappa shape index (κ1) is 12.9. The maximum atomic E-state index is 7.41. The smallest absolute Gasteiger partial charge is 0.141 e. The molecule has 1 aliphatic carbocycles. The summed E-state index contributed by atoms with van der Waals surface area (Å²) < 4.78 is 0. The molecule has 0 bridgehead atoms. The average Bonchev–Trinajstić information content (AvgIpc) is 3.25. The fraction of sp³-hybridized carbons (Fsp3) is 0.214. The molecule has 5 nitrogen and oxygen atoms in total. The van der Waals surface area contributed by atoms with E-state index in [0.29, 0.717) is 22.5 Å². The Bertz CT molecular complexity index is 666. The minimum absolute atomic E-state index is 0.0771. The van der Waals surface area contributed by atoms with Crippen molar-refractivity contribution < 1.29 is 0 Å². The highest BCUT2D eigenvalue weighted by molar-refractivity contribution is 6.33. The average molecular weight is 288 g/mol. The Labute approximate surface area is 121 Å². The number of halogens is 1. The molecule has 20 heavy (non-hydrogen) atoms. The van der Waals surface area contributed by atoms with Crippen molar-refractivity contribution in [2.24, 2.45) is 5.73 Å². The zero-order valence-corrected chi connectivity index (χ0v) is 11.5. The fourth-order valence-corrected chi connectivity index (χ4v) is 2.14. The first-order chi connectivity index (χ1) is 9.63. The van der Waals surface area contributed by atoms with Gasteiger partial charge in [0.15, 0.2) is 0 Å². The highest BCUT2D eigenvalue weighted by Gasteiger charge is 2.21. The molecule has 0 amide bonds. The van der Waals surface area contributed by atoms with Crippen molar-refractivity contribution in [1.82, 2.24) is 9.97 Å². The van der Waals surface area contributed by atoms with Gasteiger partial charge in [-0.15, -0.1) is 0 Å². The molecule has 0 radical (unpaired) electrons. The molecule has 0 atom stereocenters. The third kappa shape index (κ3) is 2.72. The van der Waals surface area contributed by atoms with Gasteiger partial charge in [-0.25, -0.2) is 9.97 Å². The van der Waals surface area contributed by atoms with E-state index in [1.165, 1.54) is 19.2 Å². The fourth-order valence-electron chi connectivity index (χ4n) is 1.90. The summed E-state index contributed by atoms with van der Waals surface area (Å²) >= 11 is 6.28. The predicted octanol–water partition coefficient (Wildman–Crippen LogP) is 2.66. The highest BCUT2D eigenvalue weighted by Crippen LogP contribution is 2.32. The molecule has 1 heterocycles. The SMILES string of the molecule is N=C(N)c1cc(-c2ccc(NC3CC3)c(Cl)c2)ncn1. The maximum absolute atomic E-state index is 7.41. The van der Waals surface area contributed by atoms with E-state index in [1.807, 2.05) is 18.2 Å². The number of nitrogens with one attached hydrogen (secondary N) is 2. The van der Waals surface area contributed by atoms with Crippen molar-refractivity contribution in [2.45, 2.75) is 18.9 Å². The molecular formula is C14H14ClN5. The van der Waals surface area contributed by atoms with E-state index in [0.717, 1.165) is 11.3 Å². The van der Waals surface area contributed by atoms with Gasteiger partial charge in [-0.2, -0.15) is 0 Å². The zero-order chi connectivity index (χ0) is 14.1. The number of rotatable bonds is 4. The molecular weight excluding hydrogens is 274 g/mol. The van der Waals surface area contributed by atoms with E-state index in [1.54, 1.807) is 6.07 Å². The van der Waals surface area contributed by atoms with Crippen LogP contribution in [0.15, 0.2) is 30.6 Å². The van der Waals surface area contributed by atoms with Crippen LogP contribution in [-0.2, 0) is 0 Å². The van der Waals surface area contributed by atoms with Crippen molar-refractivity contribution in [2.75, 3.05) is 5.32 Å². The lowest BCUT2D eigenvalue weighted by Crippen LogP contribution is -2.13. The lowest BCUT2D eigenvalue weighted by atomic mass is 10.1. The van der Waals surface area contributed by atoms with Crippen molar-refractivity contribution >= 4 is 23.1 Å². The molecule has 1 aliphatic rings. The molecule has 1 fully saturated rings. The Hall–Kier alpha value is -2.14. The molecule has 1 aromatic carbocycles. The van der Waals surface area contributed by atoms with Crippen LogP contribution in [-0.4, -0.2) is 21.8 Å². The van der Waals surface area contributed by atoms with Gasteiger partial charge in [0.05, 0.1) is 16.4 Å². The number of nitrogens with two attached hydrogens (primary N) is 1. The van der Waals surface area contributed by atoms with E-state index in [-0.39, 0.29) is 5.84 Å². The van der Waals surface area contributed by atoms with Crippen molar-refractivity contribution in [3.8, 4) is 11.3 Å². The van der Waals surface area contributed by atoms with Crippen LogP contribution >= 0.6 is 11.6 Å². The molecule has 0 spiro atoms. The lowest BCUT2D eigenvalue weighted by Gasteiger charge is -2.09. The quantitative estimate of drug-likeness (QED) is 0.596. The van der Waals surface area contributed by atoms with Crippen LogP contribution in [0.25, 0.3) is 11.3 Å². The van der Waals surface area contributed by atoms with Gasteiger partial charge in [-0.1, -0.05) is 17.7 Å². The van der Waals surface area contributed by atoms with Gasteiger partial charge in [0, 0.05) is 11.6 Å². The number of benzene rings is 1. The molecule has 1 saturated carbocycles. The van der Waals surface area contributed by atoms with Crippen molar-refractivity contribution in [1.29, 1.82) is 5.41 Å². The van der Waals surface area contributed by atoms with E-state index >= 15 is 0 Å². The monoisotopic (exact) mass is 287 g/mol. The predicted molar refractivity (Wildman–Crippen MR) is 80.1 cm³/mol. The number of amidine groups is 1. The Morgan fingerprint density at radius 3 is 2.75 bits per heavy atom. The summed E-state index contributed by atoms with van der Waals surface area (Å²) in [5.74, 6) is -0.0771. The number of nitrogen functional groups attached to an aromatic ring is 1. The molecule has 3 rings (SSSR count). The highest BCUT2D eigenvalue weighted by atomic mass is 35.5. The molecule has 6 heteroatoms. The number of nitrogens with zero attached hydrogens (tertiary/aromatic N) is 2. The Morgan fingerprint density at radius 1 is 1.30 bits per heavy atom. The van der Waals surface area contributed by atoms with Gasteiger partial charge in [-0.05, 0) is 31.0 Å². The third-order valence-electron chi connectivity index (χ3n) is 3.14. The topological polar surface area (TPSA) is 87.7 Å². The molecule has 0 unspecified atom stereocenters. The second kappa shape index (κ2) is 5.09. The standard InChI is InChI=1S/C14H14ClN5/c15-10-5-8(1-4-11(10)20-9-2-3-9)12-6-13(14(16)17)19-7-18-12/h1,4-7,9,20H,2-3H2,(H3,16,17). The van der Waals surface area contributed by atoms with Gasteiger partial charge >= 0.3 is 0 Å². The minimum atomic E-state index is -0.0771. The van der Waals surface area contributed by atoms with Gasteiger partial charge in [-0.3, -0.25) is 5.41 Å². The summed E-state index contributed by atoms with van der Waals surface area (Å²) in [5.41, 5.74) is 8.36. The van der Waals surface area contributed by atoms with Gasteiger partial charge in [0.1, 0.15) is 17.9 Å². The molecule has 0 aliphatic heterocycles. The van der Waals surface area contributed by atoms with Crippen LogP contribution in [0.3, 0.4) is 0 Å². The number of anilines is 1. The summed E-state index contributed by atoms with van der Waals surface area (Å²) in [6.45, 7) is 0. The van der Waals surface area contributed by atoms with Crippen molar-refractivity contribution in [3.63, 3.8) is 0 Å². The van der Waals surface area contributed by atoms with Crippen LogP contribution in [0.4, 0.5) is 5.69 Å².